The minimum Gasteiger partial charge on any atom is -0.385 e. The minimum absolute atomic E-state index is 0.0682. The molecule has 1 aromatic rings. The molecule has 1 aliphatic carbocycles. The number of rotatable bonds is 3. The standard InChI is InChI=1S/C11H12Cl2FN/c12-9-4-8(5-10(13)11(9)14)15-6-7-2-1-3-7/h4-5,7,15H,1-3,6H2. The molecule has 82 valence electrons. The highest BCUT2D eigenvalue weighted by molar-refractivity contribution is 6.35. The lowest BCUT2D eigenvalue weighted by Gasteiger charge is -2.25. The third-order valence-electron chi connectivity index (χ3n) is 2.80. The van der Waals surface area contributed by atoms with E-state index in [1.165, 1.54) is 19.3 Å². The van der Waals surface area contributed by atoms with Gasteiger partial charge in [-0.05, 0) is 30.9 Å². The highest BCUT2D eigenvalue weighted by Gasteiger charge is 2.17. The molecule has 0 saturated heterocycles. The molecule has 4 heteroatoms. The van der Waals surface area contributed by atoms with Gasteiger partial charge < -0.3 is 5.32 Å². The van der Waals surface area contributed by atoms with Crippen molar-refractivity contribution in [1.29, 1.82) is 0 Å². The van der Waals surface area contributed by atoms with Crippen molar-refractivity contribution in [3.05, 3.63) is 28.0 Å². The number of hydrogen-bond donors (Lipinski definition) is 1. The third-order valence-corrected chi connectivity index (χ3v) is 3.35. The monoisotopic (exact) mass is 247 g/mol. The second kappa shape index (κ2) is 4.58. The molecule has 1 saturated carbocycles. The van der Waals surface area contributed by atoms with E-state index in [2.05, 4.69) is 5.32 Å². The van der Waals surface area contributed by atoms with E-state index in [0.717, 1.165) is 18.2 Å². The number of anilines is 1. The maximum atomic E-state index is 13.1. The van der Waals surface area contributed by atoms with Crippen LogP contribution in [0.5, 0.6) is 0 Å². The van der Waals surface area contributed by atoms with Crippen molar-refractivity contribution in [2.45, 2.75) is 19.3 Å². The summed E-state index contributed by atoms with van der Waals surface area (Å²) in [5, 5.41) is 3.36. The van der Waals surface area contributed by atoms with Gasteiger partial charge in [0.15, 0.2) is 5.82 Å². The normalized spacial score (nSPS) is 16.2. The smallest absolute Gasteiger partial charge is 0.160 e. The van der Waals surface area contributed by atoms with Crippen molar-refractivity contribution >= 4 is 28.9 Å². The van der Waals surface area contributed by atoms with E-state index in [9.17, 15) is 4.39 Å². The zero-order valence-electron chi connectivity index (χ0n) is 8.19. The van der Waals surface area contributed by atoms with Crippen molar-refractivity contribution in [3.63, 3.8) is 0 Å². The van der Waals surface area contributed by atoms with Gasteiger partial charge in [-0.25, -0.2) is 4.39 Å². The van der Waals surface area contributed by atoms with Gasteiger partial charge in [-0.2, -0.15) is 0 Å². The van der Waals surface area contributed by atoms with Crippen LogP contribution < -0.4 is 5.32 Å². The summed E-state index contributed by atoms with van der Waals surface area (Å²) in [7, 11) is 0. The van der Waals surface area contributed by atoms with Gasteiger partial charge in [0.1, 0.15) is 0 Å². The topological polar surface area (TPSA) is 12.0 Å². The minimum atomic E-state index is -0.549. The molecule has 15 heavy (non-hydrogen) atoms. The van der Waals surface area contributed by atoms with Crippen LogP contribution in [0.3, 0.4) is 0 Å². The van der Waals surface area contributed by atoms with E-state index < -0.39 is 5.82 Å². The summed E-state index contributed by atoms with van der Waals surface area (Å²) in [6.45, 7) is 0.915. The van der Waals surface area contributed by atoms with Crippen molar-refractivity contribution in [3.8, 4) is 0 Å². The van der Waals surface area contributed by atoms with Crippen molar-refractivity contribution < 1.29 is 4.39 Å². The molecule has 1 aliphatic rings. The summed E-state index contributed by atoms with van der Waals surface area (Å²) >= 11 is 11.4. The zero-order chi connectivity index (χ0) is 10.8. The molecule has 0 bridgehead atoms. The van der Waals surface area contributed by atoms with Gasteiger partial charge in [-0.1, -0.05) is 29.6 Å². The average molecular weight is 248 g/mol. The van der Waals surface area contributed by atoms with Crippen LogP contribution in [0.2, 0.25) is 10.0 Å². The Morgan fingerprint density at radius 3 is 2.33 bits per heavy atom. The molecule has 0 heterocycles. The first-order valence-corrected chi connectivity index (χ1v) is 5.81. The molecule has 1 aromatic carbocycles. The Hall–Kier alpha value is -0.470. The summed E-state index contributed by atoms with van der Waals surface area (Å²) in [6, 6.07) is 3.14. The van der Waals surface area contributed by atoms with Crippen LogP contribution in [0.15, 0.2) is 12.1 Å². The first-order valence-electron chi connectivity index (χ1n) is 5.05. The second-order valence-electron chi connectivity index (χ2n) is 3.93. The summed E-state index contributed by atoms with van der Waals surface area (Å²) in [5.74, 6) is 0.195. The number of hydrogen-bond acceptors (Lipinski definition) is 1. The second-order valence-corrected chi connectivity index (χ2v) is 4.75. The molecular formula is C11H12Cl2FN. The molecule has 0 aliphatic heterocycles. The fraction of sp³-hybridized carbons (Fsp3) is 0.455. The maximum Gasteiger partial charge on any atom is 0.160 e. The predicted molar refractivity (Wildman–Crippen MR) is 62.3 cm³/mol. The first kappa shape index (κ1) is 11.0. The Morgan fingerprint density at radius 2 is 1.87 bits per heavy atom. The van der Waals surface area contributed by atoms with Crippen LogP contribution in [0.25, 0.3) is 0 Å². The third kappa shape index (κ3) is 2.56. The van der Waals surface area contributed by atoms with Gasteiger partial charge in [0, 0.05) is 12.2 Å². The van der Waals surface area contributed by atoms with Gasteiger partial charge in [0.25, 0.3) is 0 Å². The van der Waals surface area contributed by atoms with Gasteiger partial charge in [0.05, 0.1) is 10.0 Å². The van der Waals surface area contributed by atoms with Crippen LogP contribution in [-0.2, 0) is 0 Å². The van der Waals surface area contributed by atoms with E-state index >= 15 is 0 Å². The molecule has 0 radical (unpaired) electrons. The predicted octanol–water partition coefficient (Wildman–Crippen LogP) is 4.34. The molecular weight excluding hydrogens is 236 g/mol. The van der Waals surface area contributed by atoms with E-state index in [-0.39, 0.29) is 10.0 Å². The van der Waals surface area contributed by atoms with Crippen molar-refractivity contribution in [2.75, 3.05) is 11.9 Å². The van der Waals surface area contributed by atoms with Crippen LogP contribution in [0.4, 0.5) is 10.1 Å². The molecule has 0 amide bonds. The highest BCUT2D eigenvalue weighted by Crippen LogP contribution is 2.29. The van der Waals surface area contributed by atoms with E-state index in [1.807, 2.05) is 0 Å². The number of halogens is 3. The van der Waals surface area contributed by atoms with E-state index in [4.69, 9.17) is 23.2 Å². The van der Waals surface area contributed by atoms with Gasteiger partial charge in [0.2, 0.25) is 0 Å². The quantitative estimate of drug-likeness (QED) is 0.784. The van der Waals surface area contributed by atoms with Crippen LogP contribution >= 0.6 is 23.2 Å². The largest absolute Gasteiger partial charge is 0.385 e. The maximum absolute atomic E-state index is 13.1. The van der Waals surface area contributed by atoms with Crippen LogP contribution in [0.1, 0.15) is 19.3 Å². The SMILES string of the molecule is Fc1c(Cl)cc(NCC2CCC2)cc1Cl. The lowest BCUT2D eigenvalue weighted by molar-refractivity contribution is 0.333. The average Bonchev–Trinajstić information content (AvgIpc) is 2.11. The Bertz CT molecular complexity index is 341. The summed E-state index contributed by atoms with van der Waals surface area (Å²) in [5.41, 5.74) is 0.790. The lowest BCUT2D eigenvalue weighted by atomic mass is 9.85. The summed E-state index contributed by atoms with van der Waals surface area (Å²) in [4.78, 5) is 0. The van der Waals surface area contributed by atoms with Crippen LogP contribution in [-0.4, -0.2) is 6.54 Å². The first-order chi connectivity index (χ1) is 7.16. The van der Waals surface area contributed by atoms with Gasteiger partial charge >= 0.3 is 0 Å². The molecule has 2 rings (SSSR count). The molecule has 0 aromatic heterocycles. The Morgan fingerprint density at radius 1 is 1.27 bits per heavy atom. The molecule has 0 spiro atoms. The van der Waals surface area contributed by atoms with Crippen LogP contribution in [0, 0.1) is 11.7 Å². The van der Waals surface area contributed by atoms with Gasteiger partial charge in [-0.15, -0.1) is 0 Å². The number of benzene rings is 1. The molecule has 1 fully saturated rings. The Balaban J connectivity index is 2.01. The fourth-order valence-corrected chi connectivity index (χ4v) is 2.10. The zero-order valence-corrected chi connectivity index (χ0v) is 9.71. The summed E-state index contributed by atoms with van der Waals surface area (Å²) < 4.78 is 13.1. The number of nitrogens with one attached hydrogen (secondary N) is 1. The molecule has 1 N–H and O–H groups in total. The van der Waals surface area contributed by atoms with Crippen molar-refractivity contribution in [2.24, 2.45) is 5.92 Å². The highest BCUT2D eigenvalue weighted by atomic mass is 35.5. The van der Waals surface area contributed by atoms with Gasteiger partial charge in [-0.3, -0.25) is 0 Å². The van der Waals surface area contributed by atoms with Crippen molar-refractivity contribution in [1.82, 2.24) is 0 Å². The van der Waals surface area contributed by atoms with E-state index in [1.54, 1.807) is 12.1 Å². The Labute approximate surface area is 98.6 Å². The summed E-state index contributed by atoms with van der Waals surface area (Å²) in [6.07, 6.45) is 3.86. The molecule has 1 nitrogen and oxygen atoms in total. The lowest BCUT2D eigenvalue weighted by Crippen LogP contribution is -2.20. The van der Waals surface area contributed by atoms with E-state index in [0.29, 0.717) is 0 Å². The Kier molecular flexibility index (Phi) is 3.37. The fourth-order valence-electron chi connectivity index (χ4n) is 1.62. The molecule has 0 atom stereocenters. The molecule has 0 unspecified atom stereocenters.